The molecule has 0 aliphatic carbocycles. The molecule has 0 saturated heterocycles. The quantitative estimate of drug-likeness (QED) is 0.545. The van der Waals surface area contributed by atoms with Crippen LogP contribution < -0.4 is 5.73 Å². The number of nitrogens with one attached hydrogen (secondary N) is 1. The third kappa shape index (κ3) is 4.44. The van der Waals surface area contributed by atoms with Crippen molar-refractivity contribution in [2.24, 2.45) is 16.1 Å². The standard InChI is InChI=1S/C10H12N8O/c11-3-1-5-18(6-2-4-12)17-16-10-8(9(13)19)14-7-15-10/h7H,1-2,5-6H2,(H2,13,19)(H,14,15)/b17-16-. The molecule has 1 heterocycles. The zero-order chi connectivity index (χ0) is 14.1. The van der Waals surface area contributed by atoms with Crippen molar-refractivity contribution in [3.05, 3.63) is 12.0 Å². The van der Waals surface area contributed by atoms with Crippen LogP contribution in [0.15, 0.2) is 16.7 Å². The average Bonchev–Trinajstić information content (AvgIpc) is 2.86. The molecule has 0 radical (unpaired) electrons. The Labute approximate surface area is 109 Å². The van der Waals surface area contributed by atoms with E-state index in [1.165, 1.54) is 11.3 Å². The SMILES string of the molecule is N#CCCN(CCC#N)/N=N\c1nc[nH]c1C(N)=O. The van der Waals surface area contributed by atoms with Crippen molar-refractivity contribution in [2.75, 3.05) is 13.1 Å². The van der Waals surface area contributed by atoms with Gasteiger partial charge < -0.3 is 10.7 Å². The highest BCUT2D eigenvalue weighted by Gasteiger charge is 2.10. The Kier molecular flexibility index (Phi) is 5.50. The van der Waals surface area contributed by atoms with E-state index in [2.05, 4.69) is 20.3 Å². The molecule has 1 aromatic heterocycles. The highest BCUT2D eigenvalue weighted by atomic mass is 16.1. The molecular formula is C10H12N8O. The van der Waals surface area contributed by atoms with Gasteiger partial charge in [0.25, 0.3) is 5.91 Å². The van der Waals surface area contributed by atoms with Gasteiger partial charge in [-0.25, -0.2) is 4.98 Å². The molecule has 1 amide bonds. The van der Waals surface area contributed by atoms with Crippen LogP contribution in [0.5, 0.6) is 0 Å². The van der Waals surface area contributed by atoms with E-state index in [1.54, 1.807) is 0 Å². The number of rotatable bonds is 7. The number of H-pyrrole nitrogens is 1. The van der Waals surface area contributed by atoms with Crippen molar-refractivity contribution >= 4 is 11.7 Å². The van der Waals surface area contributed by atoms with Gasteiger partial charge in [0.1, 0.15) is 0 Å². The molecule has 3 N–H and O–H groups in total. The number of aromatic amines is 1. The van der Waals surface area contributed by atoms with Crippen molar-refractivity contribution in [2.45, 2.75) is 12.8 Å². The summed E-state index contributed by atoms with van der Waals surface area (Å²) in [5, 5.41) is 26.1. The fourth-order valence-electron chi connectivity index (χ4n) is 1.21. The van der Waals surface area contributed by atoms with E-state index in [0.717, 1.165) is 0 Å². The Bertz CT molecular complexity index is 516. The van der Waals surface area contributed by atoms with Gasteiger partial charge >= 0.3 is 0 Å². The molecule has 0 saturated carbocycles. The first-order valence-corrected chi connectivity index (χ1v) is 5.42. The topological polar surface area (TPSA) is 147 Å². The van der Waals surface area contributed by atoms with Gasteiger partial charge in [0.15, 0.2) is 5.69 Å². The molecule has 9 heteroatoms. The molecule has 0 aliphatic heterocycles. The predicted molar refractivity (Wildman–Crippen MR) is 63.7 cm³/mol. The Morgan fingerprint density at radius 3 is 2.58 bits per heavy atom. The molecular weight excluding hydrogens is 248 g/mol. The Hall–Kier alpha value is -2.94. The van der Waals surface area contributed by atoms with Gasteiger partial charge in [-0.2, -0.15) is 10.5 Å². The van der Waals surface area contributed by atoms with E-state index >= 15 is 0 Å². The van der Waals surface area contributed by atoms with E-state index in [-0.39, 0.29) is 24.4 Å². The molecule has 9 nitrogen and oxygen atoms in total. The van der Waals surface area contributed by atoms with Crippen LogP contribution in [0.3, 0.4) is 0 Å². The summed E-state index contributed by atoms with van der Waals surface area (Å²) in [6, 6.07) is 3.95. The molecule has 0 atom stereocenters. The second-order valence-electron chi connectivity index (χ2n) is 3.42. The third-order valence-electron chi connectivity index (χ3n) is 2.10. The largest absolute Gasteiger partial charge is 0.364 e. The van der Waals surface area contributed by atoms with Gasteiger partial charge in [0.2, 0.25) is 5.82 Å². The first-order chi connectivity index (χ1) is 9.19. The van der Waals surface area contributed by atoms with Gasteiger partial charge in [-0.05, 0) is 0 Å². The van der Waals surface area contributed by atoms with Crippen LogP contribution in [0.1, 0.15) is 23.3 Å². The average molecular weight is 260 g/mol. The molecule has 19 heavy (non-hydrogen) atoms. The number of nitrogens with two attached hydrogens (primary N) is 1. The molecule has 0 fully saturated rings. The lowest BCUT2D eigenvalue weighted by molar-refractivity contribution is 0.0996. The number of carbonyl (C=O) groups excluding carboxylic acids is 1. The van der Waals surface area contributed by atoms with E-state index in [9.17, 15) is 4.79 Å². The fourth-order valence-corrected chi connectivity index (χ4v) is 1.21. The van der Waals surface area contributed by atoms with Crippen LogP contribution in [0.2, 0.25) is 0 Å². The Balaban J connectivity index is 2.74. The fraction of sp³-hybridized carbons (Fsp3) is 0.400. The number of nitriles is 2. The van der Waals surface area contributed by atoms with Gasteiger partial charge in [-0.3, -0.25) is 9.80 Å². The van der Waals surface area contributed by atoms with Crippen LogP contribution in [0.25, 0.3) is 0 Å². The number of nitrogens with zero attached hydrogens (tertiary/aromatic N) is 6. The minimum absolute atomic E-state index is 0.0595. The van der Waals surface area contributed by atoms with Gasteiger partial charge in [-0.1, -0.05) is 5.22 Å². The van der Waals surface area contributed by atoms with Crippen molar-refractivity contribution in [1.82, 2.24) is 15.0 Å². The van der Waals surface area contributed by atoms with E-state index in [4.69, 9.17) is 16.3 Å². The summed E-state index contributed by atoms with van der Waals surface area (Å²) in [4.78, 5) is 17.4. The lowest BCUT2D eigenvalue weighted by atomic mass is 10.4. The number of hydrogen-bond donors (Lipinski definition) is 2. The Morgan fingerprint density at radius 1 is 1.42 bits per heavy atom. The van der Waals surface area contributed by atoms with Gasteiger partial charge in [0.05, 0.1) is 44.4 Å². The number of carbonyl (C=O) groups is 1. The maximum absolute atomic E-state index is 11.0. The summed E-state index contributed by atoms with van der Waals surface area (Å²) in [7, 11) is 0. The highest BCUT2D eigenvalue weighted by molar-refractivity contribution is 5.94. The Morgan fingerprint density at radius 2 is 2.05 bits per heavy atom. The molecule has 98 valence electrons. The van der Waals surface area contributed by atoms with Crippen molar-refractivity contribution in [3.63, 3.8) is 0 Å². The summed E-state index contributed by atoms with van der Waals surface area (Å²) in [6.07, 6.45) is 1.80. The summed E-state index contributed by atoms with van der Waals surface area (Å²) in [5.41, 5.74) is 5.17. The van der Waals surface area contributed by atoms with Crippen molar-refractivity contribution in [1.29, 1.82) is 10.5 Å². The number of imidazole rings is 1. The zero-order valence-electron chi connectivity index (χ0n) is 10.1. The van der Waals surface area contributed by atoms with Crippen LogP contribution in [-0.4, -0.2) is 34.0 Å². The van der Waals surface area contributed by atoms with Crippen LogP contribution >= 0.6 is 0 Å². The highest BCUT2D eigenvalue weighted by Crippen LogP contribution is 2.13. The van der Waals surface area contributed by atoms with Crippen LogP contribution in [0.4, 0.5) is 5.82 Å². The molecule has 0 spiro atoms. The van der Waals surface area contributed by atoms with Crippen LogP contribution in [-0.2, 0) is 0 Å². The number of amides is 1. The predicted octanol–water partition coefficient (Wildman–Crippen LogP) is 0.637. The van der Waals surface area contributed by atoms with E-state index in [1.807, 2.05) is 12.1 Å². The molecule has 0 aliphatic rings. The van der Waals surface area contributed by atoms with Gasteiger partial charge in [-0.15, -0.1) is 5.11 Å². The summed E-state index contributed by atoms with van der Waals surface area (Å²) in [6.45, 7) is 0.690. The molecule has 1 rings (SSSR count). The second kappa shape index (κ2) is 7.40. The first-order valence-electron chi connectivity index (χ1n) is 5.42. The van der Waals surface area contributed by atoms with Crippen molar-refractivity contribution < 1.29 is 4.79 Å². The lowest BCUT2D eigenvalue weighted by Crippen LogP contribution is -2.19. The lowest BCUT2D eigenvalue weighted by Gasteiger charge is -2.13. The summed E-state index contributed by atoms with van der Waals surface area (Å²) in [5.74, 6) is -0.613. The maximum Gasteiger partial charge on any atom is 0.269 e. The number of hydrogen-bond acceptors (Lipinski definition) is 6. The molecule has 0 unspecified atom stereocenters. The summed E-state index contributed by atoms with van der Waals surface area (Å²) >= 11 is 0. The molecule has 0 aromatic carbocycles. The third-order valence-corrected chi connectivity index (χ3v) is 2.10. The minimum atomic E-state index is -0.688. The smallest absolute Gasteiger partial charge is 0.269 e. The van der Waals surface area contributed by atoms with Crippen LogP contribution in [0, 0.1) is 22.7 Å². The first kappa shape index (κ1) is 14.1. The van der Waals surface area contributed by atoms with Crippen molar-refractivity contribution in [3.8, 4) is 12.1 Å². The maximum atomic E-state index is 11.0. The minimum Gasteiger partial charge on any atom is -0.364 e. The zero-order valence-corrected chi connectivity index (χ0v) is 10.1. The van der Waals surface area contributed by atoms with E-state index < -0.39 is 5.91 Å². The van der Waals surface area contributed by atoms with Gasteiger partial charge in [0, 0.05) is 0 Å². The normalized spacial score (nSPS) is 10.0. The molecule has 1 aromatic rings. The molecule has 0 bridgehead atoms. The monoisotopic (exact) mass is 260 g/mol. The van der Waals surface area contributed by atoms with E-state index in [0.29, 0.717) is 13.1 Å². The number of primary amides is 1. The number of aromatic nitrogens is 2. The second-order valence-corrected chi connectivity index (χ2v) is 3.42. The summed E-state index contributed by atoms with van der Waals surface area (Å²) < 4.78 is 0.